The number of imide groups is 4. The number of piperidine rings is 2. The Morgan fingerprint density at radius 3 is 1.50 bits per heavy atom. The van der Waals surface area contributed by atoms with E-state index in [-0.39, 0.29) is 103 Å². The molecule has 10 N–H and O–H groups in total. The number of rotatable bonds is 33. The predicted octanol–water partition coefficient (Wildman–Crippen LogP) is 4.73. The first-order valence-corrected chi connectivity index (χ1v) is 37.5. The average molecular weight is 1590 g/mol. The number of nitrogens with zero attached hydrogens (tertiary/aromatic N) is 6. The van der Waals surface area contributed by atoms with Crippen LogP contribution in [0.4, 0.5) is 4.39 Å². The number of pyridine rings is 2. The van der Waals surface area contributed by atoms with E-state index >= 15 is 0 Å². The lowest BCUT2D eigenvalue weighted by Crippen LogP contribution is -2.54. The number of aliphatic carboxylic acids is 1. The van der Waals surface area contributed by atoms with Crippen LogP contribution in [0.1, 0.15) is 166 Å². The third-order valence-corrected chi connectivity index (χ3v) is 20.0. The number of benzene rings is 4. The van der Waals surface area contributed by atoms with Gasteiger partial charge in [-0.2, -0.15) is 5.10 Å². The van der Waals surface area contributed by atoms with Crippen LogP contribution >= 0.6 is 0 Å². The Labute approximate surface area is 662 Å². The summed E-state index contributed by atoms with van der Waals surface area (Å²) in [5.74, 6) is -3.20. The van der Waals surface area contributed by atoms with E-state index in [9.17, 15) is 71.5 Å². The lowest BCUT2D eigenvalue weighted by atomic mass is 9.97. The van der Waals surface area contributed by atoms with Crippen LogP contribution in [0.5, 0.6) is 23.0 Å². The molecule has 3 aromatic heterocycles. The van der Waals surface area contributed by atoms with Gasteiger partial charge in [0, 0.05) is 130 Å². The molecule has 5 aliphatic rings. The van der Waals surface area contributed by atoms with Crippen molar-refractivity contribution in [2.45, 2.75) is 134 Å². The molecule has 2 unspecified atom stereocenters. The number of hydrogen-bond donors (Lipinski definition) is 9. The summed E-state index contributed by atoms with van der Waals surface area (Å²) in [5.41, 5.74) is 14.3. The number of methoxy groups -OCH3 is 4. The second kappa shape index (κ2) is 40.7. The molecule has 0 saturated carbocycles. The Bertz CT molecular complexity index is 5030. The van der Waals surface area contributed by atoms with Crippen molar-refractivity contribution < 1.29 is 87.3 Å². The number of aromatic nitrogens is 4. The van der Waals surface area contributed by atoms with Crippen LogP contribution in [0.3, 0.4) is 0 Å². The number of carboxylic acids is 1. The van der Waals surface area contributed by atoms with Gasteiger partial charge in [-0.05, 0) is 148 Å². The Hall–Kier alpha value is -12.6. The zero-order valence-electron chi connectivity index (χ0n) is 65.8. The Balaban J connectivity index is 0.000000215. The van der Waals surface area contributed by atoms with Crippen molar-refractivity contribution in [2.24, 2.45) is 24.8 Å². The molecule has 0 bridgehead atoms. The molecule has 12 rings (SSSR count). The number of ether oxygens (including phenoxy) is 4. The third-order valence-electron chi connectivity index (χ3n) is 20.0. The Morgan fingerprint density at radius 2 is 1.03 bits per heavy atom. The number of unbranched alkanes of at least 4 members (excludes halogenated alkanes) is 4. The first-order valence-electron chi connectivity index (χ1n) is 38.2. The van der Waals surface area contributed by atoms with E-state index in [1.54, 1.807) is 108 Å². The topological polar surface area (TPSA) is 452 Å². The predicted molar refractivity (Wildman–Crippen MR) is 419 cm³/mol. The van der Waals surface area contributed by atoms with Crippen molar-refractivity contribution in [1.29, 1.82) is 0 Å². The quantitative estimate of drug-likeness (QED) is 0.0198. The molecule has 4 aromatic carbocycles. The van der Waals surface area contributed by atoms with Crippen LogP contribution < -0.4 is 67.7 Å². The van der Waals surface area contributed by atoms with Crippen molar-refractivity contribution in [3.8, 4) is 45.3 Å². The normalized spacial score (nSPS) is 15.2. The first kappa shape index (κ1) is 84.9. The Kier molecular flexibility index (Phi) is 30.1. The van der Waals surface area contributed by atoms with Gasteiger partial charge in [-0.15, -0.1) is 0 Å². The summed E-state index contributed by atoms with van der Waals surface area (Å²) in [4.78, 5) is 177. The molecule has 33 nitrogen and oxygen atoms in total. The van der Waals surface area contributed by atoms with E-state index < -0.39 is 72.5 Å². The van der Waals surface area contributed by atoms with Gasteiger partial charge in [0.05, 0.1) is 78.5 Å². The molecule has 610 valence electrons. The highest BCUT2D eigenvalue weighted by molar-refractivity contribution is 6.24. The highest BCUT2D eigenvalue weighted by Gasteiger charge is 2.46. The van der Waals surface area contributed by atoms with E-state index in [4.69, 9.17) is 31.2 Å². The number of aromatic amines is 1. The van der Waals surface area contributed by atoms with Gasteiger partial charge in [0.25, 0.3) is 34.7 Å². The monoisotopic (exact) mass is 1590 g/mol. The number of carboxylic acid groups (broad SMARTS) is 1. The summed E-state index contributed by atoms with van der Waals surface area (Å²) in [7, 11) is 8.66. The molecular weight excluding hydrogens is 1490 g/mol. The van der Waals surface area contributed by atoms with Crippen LogP contribution in [-0.2, 0) is 84.8 Å². The van der Waals surface area contributed by atoms with E-state index in [0.29, 0.717) is 110 Å². The van der Waals surface area contributed by atoms with Crippen LogP contribution in [-0.4, -0.2) is 192 Å². The summed E-state index contributed by atoms with van der Waals surface area (Å²) < 4.78 is 41.0. The zero-order valence-corrected chi connectivity index (χ0v) is 64.8. The van der Waals surface area contributed by atoms with Gasteiger partial charge >= 0.3 is 5.97 Å². The van der Waals surface area contributed by atoms with Crippen LogP contribution in [0.2, 0.25) is 0 Å². The number of amides is 11. The van der Waals surface area contributed by atoms with Gasteiger partial charge < -0.3 is 60.2 Å². The third kappa shape index (κ3) is 21.0. The van der Waals surface area contributed by atoms with Gasteiger partial charge in [-0.1, -0.05) is 18.6 Å². The number of aliphatic imine (C=N–C) groups is 1. The summed E-state index contributed by atoms with van der Waals surface area (Å²) in [6, 6.07) is 15.2. The lowest BCUT2D eigenvalue weighted by molar-refractivity contribution is -0.137. The number of nitrogens with two attached hydrogens (primary N) is 1. The molecule has 2 fully saturated rings. The molecular formula is C81H95FN14O19. The number of hydrogen-bond acceptors (Lipinski definition) is 22. The number of carbonyl (C=O) groups is 12. The molecule has 5 aliphatic heterocycles. The maximum Gasteiger partial charge on any atom is 0.317 e. The fourth-order valence-corrected chi connectivity index (χ4v) is 14.1. The van der Waals surface area contributed by atoms with E-state index in [0.717, 1.165) is 92.8 Å². The SMILES string of the molecule is COc1cc(-c2cn(C)c(=O)c3[nH]ncc23)cc(OC)c1CCCC(=O)NCCCCCNC(=O)CCc1ccc2c(c1)C(=O)N(C1CCC(=O)NC1=O)C2=O.COc1cc(-c2cn(C)c(=O)c3c2C=NC3)cc(OC)c1CNCC(=O)O.NCCCCCNC(=O)CCc1ccc2c(c1)C(=O)N(C1CCC(=O)NC1=O)C2=O.[2H]CF. The molecule has 8 heterocycles. The number of carbonyl (C=O) groups excluding carboxylic acids is 11. The lowest BCUT2D eigenvalue weighted by Gasteiger charge is -2.27. The fourth-order valence-electron chi connectivity index (χ4n) is 14.1. The van der Waals surface area contributed by atoms with Crippen LogP contribution in [0.15, 0.2) is 93.8 Å². The minimum absolute atomic E-state index is 0.0478. The van der Waals surface area contributed by atoms with E-state index in [1.165, 1.54) is 4.57 Å². The van der Waals surface area contributed by atoms with Gasteiger partial charge in [0.2, 0.25) is 41.4 Å². The largest absolute Gasteiger partial charge is 0.496 e. The summed E-state index contributed by atoms with van der Waals surface area (Å²) in [5, 5.41) is 32.2. The molecule has 2 saturated heterocycles. The molecule has 115 heavy (non-hydrogen) atoms. The van der Waals surface area contributed by atoms with E-state index in [1.807, 2.05) is 24.3 Å². The molecule has 34 heteroatoms. The summed E-state index contributed by atoms with van der Waals surface area (Å²) >= 11 is 0. The Morgan fingerprint density at radius 1 is 0.574 bits per heavy atom. The molecule has 0 aliphatic carbocycles. The molecule has 11 amide bonds. The number of fused-ring (bicyclic) bond motifs is 4. The van der Waals surface area contributed by atoms with Gasteiger partial charge in [0.1, 0.15) is 40.6 Å². The van der Waals surface area contributed by atoms with Crippen LogP contribution in [0.25, 0.3) is 33.2 Å². The molecule has 0 radical (unpaired) electrons. The van der Waals surface area contributed by atoms with Crippen LogP contribution in [0, 0.1) is 0 Å². The number of aryl methyl sites for hydroxylation is 4. The van der Waals surface area contributed by atoms with Crippen molar-refractivity contribution in [3.63, 3.8) is 0 Å². The number of H-pyrrole nitrogens is 1. The minimum Gasteiger partial charge on any atom is -0.496 e. The van der Waals surface area contributed by atoms with Gasteiger partial charge in [-0.25, -0.2) is 0 Å². The molecule has 7 aromatic rings. The highest BCUT2D eigenvalue weighted by atomic mass is 19.1. The second-order valence-corrected chi connectivity index (χ2v) is 27.6. The smallest absolute Gasteiger partial charge is 0.317 e. The maximum absolute atomic E-state index is 13.1. The van der Waals surface area contributed by atoms with Gasteiger partial charge in [0.15, 0.2) is 0 Å². The molecule has 2 atom stereocenters. The van der Waals surface area contributed by atoms with Crippen molar-refractivity contribution in [1.82, 2.24) is 61.0 Å². The maximum atomic E-state index is 13.1. The second-order valence-electron chi connectivity index (χ2n) is 27.6. The van der Waals surface area contributed by atoms with E-state index in [2.05, 4.69) is 47.1 Å². The summed E-state index contributed by atoms with van der Waals surface area (Å²) in [6.45, 7) is 2.76. The highest BCUT2D eigenvalue weighted by Crippen LogP contribution is 2.40. The van der Waals surface area contributed by atoms with Gasteiger partial charge in [-0.3, -0.25) is 102 Å². The zero-order chi connectivity index (χ0) is 83.9. The number of nitrogens with one attached hydrogen (secondary N) is 7. The number of halogens is 1. The summed E-state index contributed by atoms with van der Waals surface area (Å²) in [6.07, 6.45) is 15.0. The standard InChI is InChI=1S/C40H45N7O9.C21H26N4O5.C19H21N3O5.CH3F/c1-46-22-29(28-21-43-45-36(28)40(46)54)24-19-31(55-2)26(32(20-24)56-3)8-7-9-33(48)41-16-5-4-6-17-42-34(49)14-11-23-10-12-25-27(18-23)39(53)47(38(25)52)30-13-15-35(50)44-37(30)51;22-10-2-1-3-11-23-17(26)8-5-13-4-6-14-15(12-13)21(30)25(20(14)29)16-7-9-18(27)24-19(16)28;1-22-10-15(12-6-20-7-13(12)19(22)25)11-4-16(26-2)14(17(5-11)27-3)8-21-9-18(23)24;1-2/h10,12,18-22,30H,4-9,11,13-17H2,1-3H3,(H,41,48)(H,42,49)(H,43,45)(H,44,50,51);4,6,12,16H,1-3,5,7-11,22H2,(H,23,26)(H,24,27,28);4-6,10,21H,7-9H2,1-3H3,(H,23,24);1H3/i;;;1D. The minimum atomic E-state index is -1.03. The van der Waals surface area contributed by atoms with Crippen molar-refractivity contribution >= 4 is 88.1 Å². The average Bonchev–Trinajstić information content (AvgIpc) is 1.55. The van der Waals surface area contributed by atoms with Crippen molar-refractivity contribution in [2.75, 3.05) is 68.3 Å². The number of alkyl halides is 1. The molecule has 0 spiro atoms. The van der Waals surface area contributed by atoms with Crippen molar-refractivity contribution in [3.05, 3.63) is 156 Å². The fraction of sp³-hybridized carbons (Fsp3) is 0.407. The first-order chi connectivity index (χ1) is 55.8.